The molecule has 152 valence electrons. The number of ether oxygens (including phenoxy) is 3. The number of esters is 2. The van der Waals surface area contributed by atoms with Crippen LogP contribution in [0.25, 0.3) is 0 Å². The van der Waals surface area contributed by atoms with Gasteiger partial charge in [-0.3, -0.25) is 0 Å². The molecule has 7 nitrogen and oxygen atoms in total. The van der Waals surface area contributed by atoms with Crippen LogP contribution in [0.3, 0.4) is 0 Å². The van der Waals surface area contributed by atoms with Crippen molar-refractivity contribution in [1.82, 2.24) is 0 Å². The van der Waals surface area contributed by atoms with E-state index in [9.17, 15) is 14.9 Å². The fraction of sp³-hybridized carbons (Fsp3) is 0.409. The van der Waals surface area contributed by atoms with Gasteiger partial charge >= 0.3 is 11.9 Å². The number of benzene rings is 1. The van der Waals surface area contributed by atoms with E-state index in [1.807, 2.05) is 26.0 Å². The summed E-state index contributed by atoms with van der Waals surface area (Å²) in [5.41, 5.74) is 3.47. The van der Waals surface area contributed by atoms with E-state index in [1.165, 1.54) is 7.11 Å². The zero-order valence-corrected chi connectivity index (χ0v) is 16.9. The fourth-order valence-corrected chi connectivity index (χ4v) is 3.52. The van der Waals surface area contributed by atoms with Crippen LogP contribution >= 0.6 is 0 Å². The largest absolute Gasteiger partial charge is 0.466 e. The first-order valence-corrected chi connectivity index (χ1v) is 9.51. The molecule has 0 saturated carbocycles. The molecule has 2 aliphatic heterocycles. The van der Waals surface area contributed by atoms with Crippen molar-refractivity contribution in [2.45, 2.75) is 39.2 Å². The number of rotatable bonds is 5. The summed E-state index contributed by atoms with van der Waals surface area (Å²) in [7, 11) is 1.29. The van der Waals surface area contributed by atoms with E-state index < -0.39 is 11.9 Å². The summed E-state index contributed by atoms with van der Waals surface area (Å²) in [5.74, 6) is -1.04. The van der Waals surface area contributed by atoms with Crippen LogP contribution in [-0.2, 0) is 23.8 Å². The summed E-state index contributed by atoms with van der Waals surface area (Å²) in [4.78, 5) is 26.5. The molecule has 2 heterocycles. The van der Waals surface area contributed by atoms with E-state index in [0.29, 0.717) is 29.0 Å². The molecular weight excluding hydrogens is 372 g/mol. The molecule has 0 N–H and O–H groups in total. The molecule has 0 aliphatic carbocycles. The SMILES string of the molecule is COC(=O)C1=CN(c2cc(C)cc(C)c2C#N)C=C(C(=O)OCC2CCCO2)C1. The Morgan fingerprint density at radius 3 is 2.59 bits per heavy atom. The number of nitriles is 1. The van der Waals surface area contributed by atoms with Crippen LogP contribution in [0.15, 0.2) is 35.7 Å². The van der Waals surface area contributed by atoms with Gasteiger partial charge < -0.3 is 19.1 Å². The quantitative estimate of drug-likeness (QED) is 0.707. The number of hydrogen-bond acceptors (Lipinski definition) is 7. The highest BCUT2D eigenvalue weighted by atomic mass is 16.6. The number of carbonyl (C=O) groups is 2. The molecule has 1 unspecified atom stereocenters. The molecule has 1 aromatic rings. The maximum atomic E-state index is 12.7. The van der Waals surface area contributed by atoms with Gasteiger partial charge in [0.2, 0.25) is 0 Å². The molecule has 1 atom stereocenters. The molecule has 0 radical (unpaired) electrons. The Hall–Kier alpha value is -3.11. The molecule has 3 rings (SSSR count). The minimum absolute atomic E-state index is 0.0838. The normalized spacial score (nSPS) is 18.6. The van der Waals surface area contributed by atoms with E-state index in [0.717, 1.165) is 24.0 Å². The molecule has 1 saturated heterocycles. The standard InChI is InChI=1S/C22H24N2O5/c1-14-7-15(2)19(10-23)20(8-14)24-11-16(21(25)27-3)9-17(12-24)22(26)29-13-18-5-4-6-28-18/h7-8,11-12,18H,4-6,9,13H2,1-3H3. The van der Waals surface area contributed by atoms with Crippen molar-refractivity contribution in [2.75, 3.05) is 25.2 Å². The monoisotopic (exact) mass is 396 g/mol. The van der Waals surface area contributed by atoms with Crippen LogP contribution in [0.5, 0.6) is 0 Å². The van der Waals surface area contributed by atoms with Crippen LogP contribution < -0.4 is 4.90 Å². The highest BCUT2D eigenvalue weighted by molar-refractivity contribution is 5.97. The molecule has 1 fully saturated rings. The third-order valence-electron chi connectivity index (χ3n) is 4.95. The number of nitrogens with zero attached hydrogens (tertiary/aromatic N) is 2. The van der Waals surface area contributed by atoms with Gasteiger partial charge in [-0.15, -0.1) is 0 Å². The minimum Gasteiger partial charge on any atom is -0.466 e. The molecular formula is C22H24N2O5. The van der Waals surface area contributed by atoms with E-state index >= 15 is 0 Å². The lowest BCUT2D eigenvalue weighted by Gasteiger charge is -2.25. The predicted octanol–water partition coefficient (Wildman–Crippen LogP) is 3.05. The number of hydrogen-bond donors (Lipinski definition) is 0. The third-order valence-corrected chi connectivity index (χ3v) is 4.95. The summed E-state index contributed by atoms with van der Waals surface area (Å²) in [6.07, 6.45) is 5.04. The van der Waals surface area contributed by atoms with E-state index in [4.69, 9.17) is 14.2 Å². The molecule has 29 heavy (non-hydrogen) atoms. The summed E-state index contributed by atoms with van der Waals surface area (Å²) < 4.78 is 15.7. The first-order valence-electron chi connectivity index (χ1n) is 9.51. The molecule has 0 amide bonds. The lowest BCUT2D eigenvalue weighted by molar-refractivity contribution is -0.142. The maximum absolute atomic E-state index is 12.7. The Labute approximate surface area is 170 Å². The van der Waals surface area contributed by atoms with Crippen molar-refractivity contribution in [3.8, 4) is 6.07 Å². The van der Waals surface area contributed by atoms with Gasteiger partial charge in [0.25, 0.3) is 0 Å². The predicted molar refractivity (Wildman–Crippen MR) is 106 cm³/mol. The lowest BCUT2D eigenvalue weighted by atomic mass is 10.00. The Kier molecular flexibility index (Phi) is 6.35. The molecule has 1 aromatic carbocycles. The maximum Gasteiger partial charge on any atom is 0.335 e. The van der Waals surface area contributed by atoms with E-state index in [1.54, 1.807) is 17.3 Å². The summed E-state index contributed by atoms with van der Waals surface area (Å²) in [5, 5.41) is 9.61. The highest BCUT2D eigenvalue weighted by Gasteiger charge is 2.27. The summed E-state index contributed by atoms with van der Waals surface area (Å²) >= 11 is 0. The number of methoxy groups -OCH3 is 1. The van der Waals surface area contributed by atoms with Gasteiger partial charge in [-0.25, -0.2) is 9.59 Å². The number of carbonyl (C=O) groups excluding carboxylic acids is 2. The first-order chi connectivity index (χ1) is 13.9. The first kappa shape index (κ1) is 20.6. The van der Waals surface area contributed by atoms with Gasteiger partial charge in [-0.2, -0.15) is 5.26 Å². The average molecular weight is 396 g/mol. The molecule has 0 bridgehead atoms. The number of aryl methyl sites for hydroxylation is 2. The topological polar surface area (TPSA) is 88.9 Å². The average Bonchev–Trinajstić information content (AvgIpc) is 3.24. The van der Waals surface area contributed by atoms with Crippen molar-refractivity contribution >= 4 is 17.6 Å². The lowest BCUT2D eigenvalue weighted by Crippen LogP contribution is -2.25. The highest BCUT2D eigenvalue weighted by Crippen LogP contribution is 2.31. The van der Waals surface area contributed by atoms with Crippen molar-refractivity contribution in [3.63, 3.8) is 0 Å². The van der Waals surface area contributed by atoms with E-state index in [-0.39, 0.29) is 19.1 Å². The van der Waals surface area contributed by atoms with Gasteiger partial charge in [0.15, 0.2) is 0 Å². The molecule has 0 aromatic heterocycles. The van der Waals surface area contributed by atoms with E-state index in [2.05, 4.69) is 6.07 Å². The van der Waals surface area contributed by atoms with Gasteiger partial charge in [0.05, 0.1) is 35.6 Å². The second-order valence-electron chi connectivity index (χ2n) is 7.21. The van der Waals surface area contributed by atoms with Crippen LogP contribution in [0, 0.1) is 25.2 Å². The second-order valence-corrected chi connectivity index (χ2v) is 7.21. The zero-order chi connectivity index (χ0) is 21.0. The molecule has 2 aliphatic rings. The van der Waals surface area contributed by atoms with Crippen LogP contribution in [-0.4, -0.2) is 38.4 Å². The van der Waals surface area contributed by atoms with Crippen molar-refractivity contribution < 1.29 is 23.8 Å². The smallest absolute Gasteiger partial charge is 0.335 e. The van der Waals surface area contributed by atoms with Gasteiger partial charge in [-0.1, -0.05) is 6.07 Å². The molecule has 7 heteroatoms. The van der Waals surface area contributed by atoms with Crippen molar-refractivity contribution in [1.29, 1.82) is 5.26 Å². The second kappa shape index (κ2) is 8.93. The van der Waals surface area contributed by atoms with Crippen molar-refractivity contribution in [3.05, 3.63) is 52.4 Å². The Morgan fingerprint density at radius 2 is 1.97 bits per heavy atom. The van der Waals surface area contributed by atoms with Gasteiger partial charge in [0, 0.05) is 25.4 Å². The van der Waals surface area contributed by atoms with Crippen LogP contribution in [0.1, 0.15) is 36.0 Å². The number of anilines is 1. The van der Waals surface area contributed by atoms with Crippen molar-refractivity contribution in [2.24, 2.45) is 0 Å². The minimum atomic E-state index is -0.532. The zero-order valence-electron chi connectivity index (χ0n) is 16.9. The van der Waals surface area contributed by atoms with Gasteiger partial charge in [0.1, 0.15) is 12.7 Å². The summed E-state index contributed by atoms with van der Waals surface area (Å²) in [6.45, 7) is 4.63. The van der Waals surface area contributed by atoms with Crippen LogP contribution in [0.2, 0.25) is 0 Å². The van der Waals surface area contributed by atoms with Crippen LogP contribution in [0.4, 0.5) is 5.69 Å². The fourth-order valence-electron chi connectivity index (χ4n) is 3.52. The Morgan fingerprint density at radius 1 is 1.24 bits per heavy atom. The molecule has 0 spiro atoms. The van der Waals surface area contributed by atoms with Gasteiger partial charge in [-0.05, 0) is 43.9 Å². The third kappa shape index (κ3) is 4.66. The summed E-state index contributed by atoms with van der Waals surface area (Å²) in [6, 6.07) is 5.96. The Balaban J connectivity index is 1.92. The Bertz CT molecular complexity index is 920.